The highest BCUT2D eigenvalue weighted by molar-refractivity contribution is 5.92. The maximum absolute atomic E-state index is 11.5. The molecule has 0 radical (unpaired) electrons. The van der Waals surface area contributed by atoms with Crippen LogP contribution in [0.2, 0.25) is 0 Å². The van der Waals surface area contributed by atoms with E-state index in [0.29, 0.717) is 25.1 Å². The summed E-state index contributed by atoms with van der Waals surface area (Å²) in [5.74, 6) is -0.501. The SMILES string of the molecule is NC(=O)c1cccc(CN2OCCCC2=O)c1. The second-order valence-electron chi connectivity index (χ2n) is 3.93. The van der Waals surface area contributed by atoms with Crippen LogP contribution in [0.15, 0.2) is 24.3 Å². The molecule has 1 heterocycles. The van der Waals surface area contributed by atoms with Crippen LogP contribution in [0.25, 0.3) is 0 Å². The summed E-state index contributed by atoms with van der Waals surface area (Å²) in [4.78, 5) is 27.8. The highest BCUT2D eigenvalue weighted by Gasteiger charge is 2.19. The first-order valence-electron chi connectivity index (χ1n) is 5.49. The predicted octanol–water partition coefficient (Wildman–Crippen LogP) is 0.839. The smallest absolute Gasteiger partial charge is 0.248 e. The standard InChI is InChI=1S/C12H14N2O3/c13-12(16)10-4-1-3-9(7-10)8-14-11(15)5-2-6-17-14/h1,3-4,7H,2,5-6,8H2,(H2,13,16). The number of benzene rings is 1. The average molecular weight is 234 g/mol. The molecule has 0 spiro atoms. The zero-order chi connectivity index (χ0) is 12.3. The lowest BCUT2D eigenvalue weighted by Crippen LogP contribution is -2.34. The summed E-state index contributed by atoms with van der Waals surface area (Å²) in [6.07, 6.45) is 1.27. The van der Waals surface area contributed by atoms with E-state index in [2.05, 4.69) is 0 Å². The van der Waals surface area contributed by atoms with Gasteiger partial charge in [0.25, 0.3) is 0 Å². The van der Waals surface area contributed by atoms with Gasteiger partial charge in [-0.3, -0.25) is 14.4 Å². The van der Waals surface area contributed by atoms with E-state index in [4.69, 9.17) is 10.6 Å². The monoisotopic (exact) mass is 234 g/mol. The van der Waals surface area contributed by atoms with E-state index in [1.54, 1.807) is 18.2 Å². The van der Waals surface area contributed by atoms with Crippen LogP contribution in [0.4, 0.5) is 0 Å². The quantitative estimate of drug-likeness (QED) is 0.842. The Bertz CT molecular complexity index is 445. The van der Waals surface area contributed by atoms with Gasteiger partial charge in [0.15, 0.2) is 0 Å². The summed E-state index contributed by atoms with van der Waals surface area (Å²) in [5.41, 5.74) is 6.46. The molecule has 90 valence electrons. The van der Waals surface area contributed by atoms with Crippen LogP contribution in [-0.2, 0) is 16.2 Å². The fourth-order valence-electron chi connectivity index (χ4n) is 1.72. The Kier molecular flexibility index (Phi) is 3.39. The second-order valence-corrected chi connectivity index (χ2v) is 3.93. The van der Waals surface area contributed by atoms with Gasteiger partial charge in [-0.25, -0.2) is 5.06 Å². The molecule has 0 unspecified atom stereocenters. The topological polar surface area (TPSA) is 72.6 Å². The number of carbonyl (C=O) groups excluding carboxylic acids is 2. The first-order valence-corrected chi connectivity index (χ1v) is 5.49. The molecular formula is C12H14N2O3. The van der Waals surface area contributed by atoms with Crippen LogP contribution < -0.4 is 5.73 Å². The summed E-state index contributed by atoms with van der Waals surface area (Å²) in [5, 5.41) is 1.34. The van der Waals surface area contributed by atoms with E-state index >= 15 is 0 Å². The van der Waals surface area contributed by atoms with Crippen molar-refractivity contribution in [1.82, 2.24) is 5.06 Å². The van der Waals surface area contributed by atoms with Crippen LogP contribution in [0, 0.1) is 0 Å². The predicted molar refractivity (Wildman–Crippen MR) is 60.7 cm³/mol. The molecule has 0 saturated carbocycles. The number of amides is 2. The molecule has 1 aliphatic rings. The maximum Gasteiger partial charge on any atom is 0.248 e. The van der Waals surface area contributed by atoms with Crippen molar-refractivity contribution < 1.29 is 14.4 Å². The number of hydroxylamine groups is 2. The van der Waals surface area contributed by atoms with Crippen LogP contribution in [-0.4, -0.2) is 23.5 Å². The van der Waals surface area contributed by atoms with E-state index in [-0.39, 0.29) is 5.91 Å². The van der Waals surface area contributed by atoms with E-state index in [0.717, 1.165) is 12.0 Å². The highest BCUT2D eigenvalue weighted by atomic mass is 16.7. The summed E-state index contributed by atoms with van der Waals surface area (Å²) >= 11 is 0. The zero-order valence-electron chi connectivity index (χ0n) is 9.39. The Morgan fingerprint density at radius 3 is 3.00 bits per heavy atom. The Morgan fingerprint density at radius 1 is 1.47 bits per heavy atom. The molecule has 2 amide bonds. The van der Waals surface area contributed by atoms with Crippen LogP contribution in [0.5, 0.6) is 0 Å². The molecule has 0 aromatic heterocycles. The number of carbonyl (C=O) groups is 2. The zero-order valence-corrected chi connectivity index (χ0v) is 9.39. The summed E-state index contributed by atoms with van der Waals surface area (Å²) in [6, 6.07) is 6.89. The second kappa shape index (κ2) is 4.97. The van der Waals surface area contributed by atoms with Crippen molar-refractivity contribution in [1.29, 1.82) is 0 Å². The third kappa shape index (κ3) is 2.82. The van der Waals surface area contributed by atoms with Gasteiger partial charge in [-0.2, -0.15) is 0 Å². The fourth-order valence-corrected chi connectivity index (χ4v) is 1.72. The summed E-state index contributed by atoms with van der Waals surface area (Å²) in [7, 11) is 0. The molecule has 5 heteroatoms. The lowest BCUT2D eigenvalue weighted by Gasteiger charge is -2.25. The van der Waals surface area contributed by atoms with E-state index in [1.165, 1.54) is 5.06 Å². The lowest BCUT2D eigenvalue weighted by atomic mass is 10.1. The van der Waals surface area contributed by atoms with Gasteiger partial charge in [0.2, 0.25) is 11.8 Å². The maximum atomic E-state index is 11.5. The van der Waals surface area contributed by atoms with E-state index in [1.807, 2.05) is 6.07 Å². The largest absolute Gasteiger partial charge is 0.366 e. The number of hydrogen-bond acceptors (Lipinski definition) is 3. The molecule has 1 aliphatic heterocycles. The summed E-state index contributed by atoms with van der Waals surface area (Å²) < 4.78 is 0. The molecule has 0 atom stereocenters. The molecular weight excluding hydrogens is 220 g/mol. The molecule has 1 fully saturated rings. The van der Waals surface area contributed by atoms with Crippen LogP contribution in [0.1, 0.15) is 28.8 Å². The fraction of sp³-hybridized carbons (Fsp3) is 0.333. The number of rotatable bonds is 3. The Hall–Kier alpha value is -1.88. The van der Waals surface area contributed by atoms with Crippen LogP contribution >= 0.6 is 0 Å². The van der Waals surface area contributed by atoms with Gasteiger partial charge in [0.05, 0.1) is 13.2 Å². The van der Waals surface area contributed by atoms with Crippen molar-refractivity contribution in [3.63, 3.8) is 0 Å². The summed E-state index contributed by atoms with van der Waals surface area (Å²) in [6.45, 7) is 0.904. The molecule has 2 rings (SSSR count). The van der Waals surface area contributed by atoms with Crippen molar-refractivity contribution >= 4 is 11.8 Å². The minimum absolute atomic E-state index is 0.0271. The molecule has 1 saturated heterocycles. The van der Waals surface area contributed by atoms with Gasteiger partial charge in [-0.05, 0) is 24.1 Å². The first kappa shape index (κ1) is 11.6. The Morgan fingerprint density at radius 2 is 2.29 bits per heavy atom. The van der Waals surface area contributed by atoms with Crippen molar-refractivity contribution in [3.8, 4) is 0 Å². The van der Waals surface area contributed by atoms with Gasteiger partial charge in [0, 0.05) is 12.0 Å². The number of nitrogens with zero attached hydrogens (tertiary/aromatic N) is 1. The van der Waals surface area contributed by atoms with Crippen molar-refractivity contribution in [2.24, 2.45) is 5.73 Å². The van der Waals surface area contributed by atoms with Gasteiger partial charge >= 0.3 is 0 Å². The minimum atomic E-state index is -0.474. The molecule has 17 heavy (non-hydrogen) atoms. The normalized spacial score (nSPS) is 16.0. The molecule has 1 aromatic carbocycles. The average Bonchev–Trinajstić information content (AvgIpc) is 2.32. The Balaban J connectivity index is 2.09. The van der Waals surface area contributed by atoms with E-state index in [9.17, 15) is 9.59 Å². The van der Waals surface area contributed by atoms with Crippen LogP contribution in [0.3, 0.4) is 0 Å². The highest BCUT2D eigenvalue weighted by Crippen LogP contribution is 2.13. The molecule has 2 N–H and O–H groups in total. The minimum Gasteiger partial charge on any atom is -0.366 e. The Labute approximate surface area is 99.1 Å². The van der Waals surface area contributed by atoms with E-state index < -0.39 is 5.91 Å². The van der Waals surface area contributed by atoms with Crippen molar-refractivity contribution in [3.05, 3.63) is 35.4 Å². The number of hydrogen-bond donors (Lipinski definition) is 1. The van der Waals surface area contributed by atoms with Gasteiger partial charge < -0.3 is 5.73 Å². The number of primary amides is 1. The third-order valence-corrected chi connectivity index (χ3v) is 2.60. The molecule has 5 nitrogen and oxygen atoms in total. The molecule has 0 bridgehead atoms. The van der Waals surface area contributed by atoms with Crippen molar-refractivity contribution in [2.45, 2.75) is 19.4 Å². The number of nitrogens with two attached hydrogens (primary N) is 1. The first-order chi connectivity index (χ1) is 8.16. The van der Waals surface area contributed by atoms with Gasteiger partial charge in [0.1, 0.15) is 0 Å². The molecule has 1 aromatic rings. The lowest BCUT2D eigenvalue weighted by molar-refractivity contribution is -0.201. The van der Waals surface area contributed by atoms with Gasteiger partial charge in [-0.1, -0.05) is 12.1 Å². The molecule has 0 aliphatic carbocycles. The van der Waals surface area contributed by atoms with Gasteiger partial charge in [-0.15, -0.1) is 0 Å². The van der Waals surface area contributed by atoms with Crippen molar-refractivity contribution in [2.75, 3.05) is 6.61 Å². The third-order valence-electron chi connectivity index (χ3n) is 2.60.